The standard InChI is InChI=1S/C20H20BrN3O/c1-3-24(4-2)12-9-10-15-16(11-12)25-20-17(21)18(22)13-7-5-6-8-14(13)19(20)23-15/h5-11,18H,3-4,22H2,1-2H3. The van der Waals surface area contributed by atoms with Crippen molar-refractivity contribution in [2.75, 3.05) is 18.0 Å². The van der Waals surface area contributed by atoms with Gasteiger partial charge in [-0.3, -0.25) is 0 Å². The molecule has 0 fully saturated rings. The summed E-state index contributed by atoms with van der Waals surface area (Å²) < 4.78 is 7.09. The molecule has 5 heteroatoms. The fourth-order valence-corrected chi connectivity index (χ4v) is 3.91. The van der Waals surface area contributed by atoms with Gasteiger partial charge >= 0.3 is 0 Å². The van der Waals surface area contributed by atoms with Crippen LogP contribution in [0.15, 0.2) is 57.7 Å². The highest BCUT2D eigenvalue weighted by Gasteiger charge is 2.33. The molecule has 1 aliphatic heterocycles. The number of nitrogens with zero attached hydrogens (tertiary/aromatic N) is 2. The molecule has 0 saturated carbocycles. The smallest absolute Gasteiger partial charge is 0.165 e. The van der Waals surface area contributed by atoms with E-state index in [2.05, 4.69) is 46.8 Å². The van der Waals surface area contributed by atoms with Crippen LogP contribution in [0.2, 0.25) is 0 Å². The lowest BCUT2D eigenvalue weighted by Gasteiger charge is -2.30. The molecule has 2 aromatic carbocycles. The quantitative estimate of drug-likeness (QED) is 0.818. The van der Waals surface area contributed by atoms with Crippen LogP contribution in [0.3, 0.4) is 0 Å². The van der Waals surface area contributed by atoms with Crippen LogP contribution in [-0.4, -0.2) is 18.8 Å². The van der Waals surface area contributed by atoms with E-state index in [1.165, 1.54) is 0 Å². The van der Waals surface area contributed by atoms with E-state index in [0.717, 1.165) is 57.3 Å². The highest BCUT2D eigenvalue weighted by atomic mass is 79.9. The van der Waals surface area contributed by atoms with Crippen LogP contribution in [-0.2, 0) is 0 Å². The molecule has 1 heterocycles. The van der Waals surface area contributed by atoms with Crippen LogP contribution >= 0.6 is 15.9 Å². The molecule has 0 aromatic heterocycles. The Hall–Kier alpha value is -2.11. The number of hydrogen-bond donors (Lipinski definition) is 1. The van der Waals surface area contributed by atoms with Gasteiger partial charge < -0.3 is 15.4 Å². The summed E-state index contributed by atoms with van der Waals surface area (Å²) in [4.78, 5) is 7.16. The fourth-order valence-electron chi connectivity index (χ4n) is 3.40. The van der Waals surface area contributed by atoms with Crippen molar-refractivity contribution in [3.05, 3.63) is 63.8 Å². The average Bonchev–Trinajstić information content (AvgIpc) is 2.66. The molecule has 0 radical (unpaired) electrons. The van der Waals surface area contributed by atoms with Gasteiger partial charge in [-0.25, -0.2) is 4.99 Å². The lowest BCUT2D eigenvalue weighted by molar-refractivity contribution is 0.442. The summed E-state index contributed by atoms with van der Waals surface area (Å²) in [6.45, 7) is 6.20. The number of nitrogens with two attached hydrogens (primary N) is 1. The fraction of sp³-hybridized carbons (Fsp3) is 0.250. The maximum Gasteiger partial charge on any atom is 0.165 e. The van der Waals surface area contributed by atoms with Gasteiger partial charge in [0.1, 0.15) is 11.4 Å². The molecule has 1 unspecified atom stereocenters. The van der Waals surface area contributed by atoms with E-state index in [4.69, 9.17) is 15.5 Å². The summed E-state index contributed by atoms with van der Waals surface area (Å²) in [6, 6.07) is 14.0. The predicted molar refractivity (Wildman–Crippen MR) is 106 cm³/mol. The molecular formula is C20H20BrN3O. The summed E-state index contributed by atoms with van der Waals surface area (Å²) in [5, 5.41) is 0. The van der Waals surface area contributed by atoms with E-state index in [1.807, 2.05) is 30.3 Å². The summed E-state index contributed by atoms with van der Waals surface area (Å²) in [6.07, 6.45) is 0. The first-order valence-electron chi connectivity index (χ1n) is 8.54. The molecule has 4 nitrogen and oxygen atoms in total. The molecule has 0 saturated heterocycles. The first-order valence-corrected chi connectivity index (χ1v) is 9.33. The molecule has 0 amide bonds. The van der Waals surface area contributed by atoms with Crippen LogP contribution in [0.1, 0.15) is 31.0 Å². The van der Waals surface area contributed by atoms with Crippen molar-refractivity contribution in [2.24, 2.45) is 10.7 Å². The summed E-state index contributed by atoms with van der Waals surface area (Å²) >= 11 is 3.63. The van der Waals surface area contributed by atoms with E-state index in [1.54, 1.807) is 0 Å². The van der Waals surface area contributed by atoms with Crippen molar-refractivity contribution in [2.45, 2.75) is 19.9 Å². The highest BCUT2D eigenvalue weighted by molar-refractivity contribution is 9.11. The van der Waals surface area contributed by atoms with E-state index in [0.29, 0.717) is 0 Å². The van der Waals surface area contributed by atoms with Crippen molar-refractivity contribution in [3.8, 4) is 5.75 Å². The zero-order valence-corrected chi connectivity index (χ0v) is 15.9. The monoisotopic (exact) mass is 397 g/mol. The Bertz CT molecular complexity index is 900. The van der Waals surface area contributed by atoms with Gasteiger partial charge in [-0.15, -0.1) is 0 Å². The lowest BCUT2D eigenvalue weighted by Crippen LogP contribution is -2.28. The van der Waals surface area contributed by atoms with Crippen molar-refractivity contribution < 1.29 is 4.74 Å². The van der Waals surface area contributed by atoms with Gasteiger partial charge in [-0.2, -0.15) is 0 Å². The second kappa shape index (κ2) is 6.32. The predicted octanol–water partition coefficient (Wildman–Crippen LogP) is 4.67. The molecule has 2 aromatic rings. The first-order chi connectivity index (χ1) is 12.1. The Morgan fingerprint density at radius 2 is 1.92 bits per heavy atom. The zero-order chi connectivity index (χ0) is 17.6. The Kier molecular flexibility index (Phi) is 4.13. The molecule has 2 aliphatic rings. The Labute approximate surface area is 156 Å². The number of hydrogen-bond acceptors (Lipinski definition) is 4. The second-order valence-corrected chi connectivity index (χ2v) is 6.98. The molecule has 0 bridgehead atoms. The number of benzene rings is 2. The van der Waals surface area contributed by atoms with Crippen LogP contribution < -0.4 is 15.4 Å². The Balaban J connectivity index is 1.86. The Morgan fingerprint density at radius 1 is 1.16 bits per heavy atom. The third-order valence-electron chi connectivity index (χ3n) is 4.77. The van der Waals surface area contributed by atoms with Gasteiger partial charge in [0.2, 0.25) is 0 Å². The van der Waals surface area contributed by atoms with E-state index < -0.39 is 0 Å². The molecule has 25 heavy (non-hydrogen) atoms. The van der Waals surface area contributed by atoms with Gasteiger partial charge in [0, 0.05) is 30.4 Å². The minimum absolute atomic E-state index is 0.238. The zero-order valence-electron chi connectivity index (χ0n) is 14.3. The van der Waals surface area contributed by atoms with Crippen LogP contribution in [0.5, 0.6) is 5.75 Å². The van der Waals surface area contributed by atoms with Crippen LogP contribution in [0.25, 0.3) is 0 Å². The second-order valence-electron chi connectivity index (χ2n) is 6.13. The summed E-state index contributed by atoms with van der Waals surface area (Å²) in [7, 11) is 0. The average molecular weight is 398 g/mol. The topological polar surface area (TPSA) is 50.9 Å². The highest BCUT2D eigenvalue weighted by Crippen LogP contribution is 2.44. The lowest BCUT2D eigenvalue weighted by atomic mass is 9.90. The minimum Gasteiger partial charge on any atom is -0.452 e. The van der Waals surface area contributed by atoms with Gasteiger partial charge in [-0.05, 0) is 47.5 Å². The van der Waals surface area contributed by atoms with Crippen molar-refractivity contribution >= 4 is 33.0 Å². The van der Waals surface area contributed by atoms with Crippen LogP contribution in [0.4, 0.5) is 11.4 Å². The number of halogens is 1. The van der Waals surface area contributed by atoms with Gasteiger partial charge in [0.05, 0.1) is 10.5 Å². The SMILES string of the molecule is CCN(CC)c1ccc2c(c1)OC1=C(Br)C(N)c3ccccc3C1=N2. The number of rotatable bonds is 3. The van der Waals surface area contributed by atoms with Crippen molar-refractivity contribution in [3.63, 3.8) is 0 Å². The normalized spacial score (nSPS) is 17.9. The van der Waals surface area contributed by atoms with Gasteiger partial charge in [0.15, 0.2) is 11.5 Å². The third kappa shape index (κ3) is 2.58. The number of fused-ring (bicyclic) bond motifs is 4. The maximum absolute atomic E-state index is 6.39. The molecule has 128 valence electrons. The maximum atomic E-state index is 6.39. The van der Waals surface area contributed by atoms with Crippen LogP contribution in [0, 0.1) is 0 Å². The van der Waals surface area contributed by atoms with E-state index >= 15 is 0 Å². The van der Waals surface area contributed by atoms with Crippen molar-refractivity contribution in [1.82, 2.24) is 0 Å². The molecule has 1 aliphatic carbocycles. The summed E-state index contributed by atoms with van der Waals surface area (Å²) in [5.74, 6) is 1.49. The largest absolute Gasteiger partial charge is 0.452 e. The molecular weight excluding hydrogens is 378 g/mol. The molecule has 4 rings (SSSR count). The third-order valence-corrected chi connectivity index (χ3v) is 5.63. The van der Waals surface area contributed by atoms with Gasteiger partial charge in [-0.1, -0.05) is 24.3 Å². The Morgan fingerprint density at radius 3 is 2.68 bits per heavy atom. The first kappa shape index (κ1) is 16.4. The van der Waals surface area contributed by atoms with E-state index in [9.17, 15) is 0 Å². The van der Waals surface area contributed by atoms with Crippen molar-refractivity contribution in [1.29, 1.82) is 0 Å². The number of aliphatic imine (C=N–C) groups is 1. The molecule has 0 spiro atoms. The number of ether oxygens (including phenoxy) is 1. The number of anilines is 1. The van der Waals surface area contributed by atoms with Gasteiger partial charge in [0.25, 0.3) is 0 Å². The van der Waals surface area contributed by atoms with E-state index in [-0.39, 0.29) is 6.04 Å². The number of allylic oxidation sites excluding steroid dienone is 1. The minimum atomic E-state index is -0.238. The summed E-state index contributed by atoms with van der Waals surface area (Å²) in [5.41, 5.74) is 11.3. The molecule has 2 N–H and O–H groups in total. The molecule has 1 atom stereocenters.